The Morgan fingerprint density at radius 2 is 1.83 bits per heavy atom. The van der Waals surface area contributed by atoms with Gasteiger partial charge in [0.2, 0.25) is 0 Å². The summed E-state index contributed by atoms with van der Waals surface area (Å²) in [5.74, 6) is -0.589. The molecule has 1 aromatic carbocycles. The highest BCUT2D eigenvalue weighted by Crippen LogP contribution is 2.05. The maximum Gasteiger partial charge on any atom is 0.505 e. The number of hydrogen-bond acceptors (Lipinski definition) is 5. The summed E-state index contributed by atoms with van der Waals surface area (Å²) in [7, 11) is 0. The van der Waals surface area contributed by atoms with Crippen LogP contribution >= 0.6 is 0 Å². The van der Waals surface area contributed by atoms with E-state index in [4.69, 9.17) is 5.11 Å². The molecule has 1 N–H and O–H groups in total. The van der Waals surface area contributed by atoms with Crippen LogP contribution < -0.4 is 0 Å². The average Bonchev–Trinajstić information content (AvgIpc) is 2.34. The highest BCUT2D eigenvalue weighted by atomic mass is 17.2. The Bertz CT molecular complexity index is 398. The fraction of sp³-hybridized carbons (Fsp3) is 0.333. The Kier molecular flexibility index (Phi) is 5.66. The van der Waals surface area contributed by atoms with Crippen LogP contribution in [-0.4, -0.2) is 30.4 Å². The van der Waals surface area contributed by atoms with Gasteiger partial charge in [-0.15, -0.1) is 0 Å². The van der Waals surface area contributed by atoms with Gasteiger partial charge in [-0.05, 0) is 19.1 Å². The molecular weight excluding hydrogens is 240 g/mol. The maximum atomic E-state index is 11.4. The largest absolute Gasteiger partial charge is 0.505 e. The van der Waals surface area contributed by atoms with Crippen molar-refractivity contribution in [2.75, 3.05) is 13.2 Å². The van der Waals surface area contributed by atoms with Crippen LogP contribution in [0.15, 0.2) is 24.3 Å². The van der Waals surface area contributed by atoms with E-state index >= 15 is 0 Å². The first-order chi connectivity index (χ1) is 8.59. The molecule has 0 spiro atoms. The summed E-state index contributed by atoms with van der Waals surface area (Å²) in [5.41, 5.74) is 1.43. The molecule has 0 aromatic heterocycles. The van der Waals surface area contributed by atoms with Crippen LogP contribution in [0.3, 0.4) is 0 Å². The number of carbonyl (C=O) groups excluding carboxylic acids is 1. The molecule has 0 aliphatic carbocycles. The molecule has 0 atom stereocenters. The summed E-state index contributed by atoms with van der Waals surface area (Å²) in [6, 6.07) is 6.84. The van der Waals surface area contributed by atoms with Crippen LogP contribution in [0.2, 0.25) is 0 Å². The average molecular weight is 254 g/mol. The lowest BCUT2D eigenvalue weighted by atomic mass is 10.2. The molecule has 6 nitrogen and oxygen atoms in total. The van der Waals surface area contributed by atoms with Gasteiger partial charge < -0.3 is 9.84 Å². The van der Waals surface area contributed by atoms with Crippen molar-refractivity contribution in [1.29, 1.82) is 0 Å². The zero-order valence-electron chi connectivity index (χ0n) is 9.92. The standard InChI is InChI=1S/C12H14O6/c1-9-3-5-10(6-4-9)11(13)18-17-8-2-7-16-12(14)15/h3-6H,2,7-8H2,1H3,(H,14,15). The minimum absolute atomic E-state index is 0.00256. The molecule has 98 valence electrons. The minimum Gasteiger partial charge on any atom is -0.450 e. The van der Waals surface area contributed by atoms with Crippen LogP contribution in [0.5, 0.6) is 0 Å². The van der Waals surface area contributed by atoms with Gasteiger partial charge >= 0.3 is 12.1 Å². The molecule has 0 unspecified atom stereocenters. The van der Waals surface area contributed by atoms with Gasteiger partial charge in [0, 0.05) is 6.42 Å². The Balaban J connectivity index is 2.17. The van der Waals surface area contributed by atoms with Crippen molar-refractivity contribution in [3.05, 3.63) is 35.4 Å². The van der Waals surface area contributed by atoms with Crippen LogP contribution in [-0.2, 0) is 14.5 Å². The summed E-state index contributed by atoms with van der Waals surface area (Å²) in [6.45, 7) is 1.98. The molecule has 0 fully saturated rings. The van der Waals surface area contributed by atoms with Gasteiger partial charge in [-0.25, -0.2) is 9.59 Å². The van der Waals surface area contributed by atoms with Crippen molar-refractivity contribution >= 4 is 12.1 Å². The zero-order valence-corrected chi connectivity index (χ0v) is 9.92. The van der Waals surface area contributed by atoms with E-state index in [1.165, 1.54) is 0 Å². The Hall–Kier alpha value is -2.08. The van der Waals surface area contributed by atoms with Gasteiger partial charge in [-0.3, -0.25) is 4.89 Å². The third kappa shape index (κ3) is 5.31. The predicted molar refractivity (Wildman–Crippen MR) is 61.1 cm³/mol. The second-order valence-electron chi connectivity index (χ2n) is 3.53. The quantitative estimate of drug-likeness (QED) is 0.362. The first-order valence-electron chi connectivity index (χ1n) is 5.36. The molecule has 0 aliphatic rings. The summed E-state index contributed by atoms with van der Waals surface area (Å²) in [6.07, 6.45) is -1.03. The third-order valence-corrected chi connectivity index (χ3v) is 2.02. The molecular formula is C12H14O6. The van der Waals surface area contributed by atoms with Gasteiger partial charge in [-0.2, -0.15) is 4.89 Å². The molecule has 0 saturated carbocycles. The van der Waals surface area contributed by atoms with Crippen LogP contribution in [0.25, 0.3) is 0 Å². The summed E-state index contributed by atoms with van der Waals surface area (Å²) in [4.78, 5) is 30.6. The highest BCUT2D eigenvalue weighted by Gasteiger charge is 2.07. The van der Waals surface area contributed by atoms with Crippen molar-refractivity contribution in [1.82, 2.24) is 0 Å². The Labute approximate surface area is 104 Å². The summed E-state index contributed by atoms with van der Waals surface area (Å²) >= 11 is 0. The van der Waals surface area contributed by atoms with E-state index in [-0.39, 0.29) is 13.2 Å². The third-order valence-electron chi connectivity index (χ3n) is 2.02. The Morgan fingerprint density at radius 1 is 1.17 bits per heavy atom. The molecule has 1 aromatic rings. The zero-order chi connectivity index (χ0) is 13.4. The molecule has 0 aliphatic heterocycles. The smallest absolute Gasteiger partial charge is 0.450 e. The maximum absolute atomic E-state index is 11.4. The summed E-state index contributed by atoms with van der Waals surface area (Å²) in [5, 5.41) is 8.18. The summed E-state index contributed by atoms with van der Waals surface area (Å²) < 4.78 is 4.24. The lowest BCUT2D eigenvalue weighted by Crippen LogP contribution is -2.09. The number of benzene rings is 1. The second kappa shape index (κ2) is 7.29. The molecule has 6 heteroatoms. The SMILES string of the molecule is Cc1ccc(C(=O)OOCCCOC(=O)O)cc1. The lowest BCUT2D eigenvalue weighted by molar-refractivity contribution is -0.242. The molecule has 1 rings (SSSR count). The van der Waals surface area contributed by atoms with Crippen molar-refractivity contribution in [2.24, 2.45) is 0 Å². The van der Waals surface area contributed by atoms with E-state index in [1.54, 1.807) is 24.3 Å². The number of rotatable bonds is 6. The van der Waals surface area contributed by atoms with E-state index in [0.29, 0.717) is 12.0 Å². The van der Waals surface area contributed by atoms with Gasteiger partial charge in [0.25, 0.3) is 0 Å². The molecule has 0 heterocycles. The van der Waals surface area contributed by atoms with E-state index in [9.17, 15) is 9.59 Å². The Morgan fingerprint density at radius 3 is 2.44 bits per heavy atom. The van der Waals surface area contributed by atoms with Crippen LogP contribution in [0, 0.1) is 6.92 Å². The van der Waals surface area contributed by atoms with Crippen molar-refractivity contribution < 1.29 is 29.2 Å². The first-order valence-corrected chi connectivity index (χ1v) is 5.36. The van der Waals surface area contributed by atoms with Crippen molar-refractivity contribution in [3.63, 3.8) is 0 Å². The molecule has 0 amide bonds. The number of ether oxygens (including phenoxy) is 1. The highest BCUT2D eigenvalue weighted by molar-refractivity contribution is 5.88. The number of aryl methyl sites for hydroxylation is 1. The van der Waals surface area contributed by atoms with E-state index < -0.39 is 12.1 Å². The van der Waals surface area contributed by atoms with Gasteiger partial charge in [0.1, 0.15) is 0 Å². The lowest BCUT2D eigenvalue weighted by Gasteiger charge is -2.04. The number of hydrogen-bond donors (Lipinski definition) is 1. The van der Waals surface area contributed by atoms with E-state index in [0.717, 1.165) is 5.56 Å². The van der Waals surface area contributed by atoms with Crippen LogP contribution in [0.1, 0.15) is 22.3 Å². The fourth-order valence-electron chi connectivity index (χ4n) is 1.11. The first kappa shape index (κ1) is 14.0. The topological polar surface area (TPSA) is 82.1 Å². The van der Waals surface area contributed by atoms with Crippen LogP contribution in [0.4, 0.5) is 4.79 Å². The van der Waals surface area contributed by atoms with Crippen molar-refractivity contribution in [3.8, 4) is 0 Å². The molecule has 0 saturated heterocycles. The number of carbonyl (C=O) groups is 2. The second-order valence-corrected chi connectivity index (χ2v) is 3.53. The van der Waals surface area contributed by atoms with E-state index in [1.807, 2.05) is 6.92 Å². The van der Waals surface area contributed by atoms with Gasteiger partial charge in [-0.1, -0.05) is 17.7 Å². The number of carboxylic acid groups (broad SMARTS) is 1. The fourth-order valence-corrected chi connectivity index (χ4v) is 1.11. The predicted octanol–water partition coefficient (Wildman–Crippen LogP) is 2.17. The van der Waals surface area contributed by atoms with Gasteiger partial charge in [0.15, 0.2) is 0 Å². The monoisotopic (exact) mass is 254 g/mol. The van der Waals surface area contributed by atoms with Crippen molar-refractivity contribution in [2.45, 2.75) is 13.3 Å². The minimum atomic E-state index is -1.34. The van der Waals surface area contributed by atoms with E-state index in [2.05, 4.69) is 14.5 Å². The normalized spacial score (nSPS) is 9.83. The molecule has 0 bridgehead atoms. The van der Waals surface area contributed by atoms with Gasteiger partial charge in [0.05, 0.1) is 18.8 Å². The molecule has 0 radical (unpaired) electrons. The molecule has 18 heavy (non-hydrogen) atoms.